The number of aromatic nitrogens is 2. The summed E-state index contributed by atoms with van der Waals surface area (Å²) < 4.78 is 13.6. The van der Waals surface area contributed by atoms with Gasteiger partial charge in [0.25, 0.3) is 0 Å². The molecule has 0 N–H and O–H groups in total. The highest BCUT2D eigenvalue weighted by molar-refractivity contribution is 7.36. The Bertz CT molecular complexity index is 1750. The lowest BCUT2D eigenvalue weighted by atomic mass is 9.88. The van der Waals surface area contributed by atoms with Gasteiger partial charge in [-0.25, -0.2) is 9.97 Å². The maximum atomic E-state index is 8.67. The smallest absolute Gasteiger partial charge is 0.116 e. The molecule has 0 radical (unpaired) electrons. The van der Waals surface area contributed by atoms with Gasteiger partial charge in [-0.2, -0.15) is 0 Å². The van der Waals surface area contributed by atoms with Crippen molar-refractivity contribution in [3.63, 3.8) is 0 Å². The molecule has 4 heteroatoms. The summed E-state index contributed by atoms with van der Waals surface area (Å²) in [6, 6.07) is 15.9. The SMILES string of the molecule is [2H]c1cc(-c2ncnc3c2sc2c4cc(CC(C)(C)C)ccc4sc32)cc2cc(C)c(C)cc12. The fourth-order valence-electron chi connectivity index (χ4n) is 4.63. The van der Waals surface area contributed by atoms with Crippen molar-refractivity contribution in [3.05, 3.63) is 71.5 Å². The van der Waals surface area contributed by atoms with Crippen molar-refractivity contribution in [1.82, 2.24) is 9.97 Å². The second-order valence-corrected chi connectivity index (χ2v) is 12.3. The molecule has 6 aromatic rings. The predicted octanol–water partition coefficient (Wildman–Crippen LogP) is 9.08. The van der Waals surface area contributed by atoms with Gasteiger partial charge < -0.3 is 0 Å². The minimum absolute atomic E-state index is 0.253. The zero-order valence-corrected chi connectivity index (χ0v) is 21.2. The zero-order chi connectivity index (χ0) is 23.8. The molecule has 3 aromatic carbocycles. The van der Waals surface area contributed by atoms with Crippen LogP contribution in [0.15, 0.2) is 54.8 Å². The first-order valence-electron chi connectivity index (χ1n) is 11.8. The second kappa shape index (κ2) is 7.34. The Morgan fingerprint density at radius 3 is 2.42 bits per heavy atom. The molecule has 0 atom stereocenters. The largest absolute Gasteiger partial charge is 0.235 e. The summed E-state index contributed by atoms with van der Waals surface area (Å²) in [5.41, 5.74) is 7.02. The van der Waals surface area contributed by atoms with E-state index in [1.165, 1.54) is 36.2 Å². The fraction of sp³-hybridized carbons (Fsp3) is 0.241. The average Bonchev–Trinajstić information content (AvgIpc) is 3.30. The number of aryl methyl sites for hydroxylation is 2. The molecule has 33 heavy (non-hydrogen) atoms. The molecule has 164 valence electrons. The van der Waals surface area contributed by atoms with Gasteiger partial charge in [-0.3, -0.25) is 0 Å². The standard InChI is InChI=1S/C29H26N2S2/c1-16-10-19-7-8-20(13-21(19)11-17(16)2)24-27-25(31-15-30-24)28-26(33-27)22-12-18(14-29(3,4)5)6-9-23(22)32-28/h6-13,15H,14H2,1-5H3/i7D. The maximum absolute atomic E-state index is 8.67. The number of hydrogen-bond donors (Lipinski definition) is 0. The molecule has 0 amide bonds. The molecule has 0 aliphatic heterocycles. The molecule has 6 rings (SSSR count). The molecule has 3 heterocycles. The average molecular weight is 468 g/mol. The molecule has 0 spiro atoms. The summed E-state index contributed by atoms with van der Waals surface area (Å²) in [6.07, 6.45) is 2.73. The summed E-state index contributed by atoms with van der Waals surface area (Å²) in [5, 5.41) is 3.40. The van der Waals surface area contributed by atoms with Crippen molar-refractivity contribution >= 4 is 63.1 Å². The van der Waals surface area contributed by atoms with Gasteiger partial charge in [-0.15, -0.1) is 22.7 Å². The number of fused-ring (bicyclic) bond motifs is 6. The molecule has 3 aromatic heterocycles. The van der Waals surface area contributed by atoms with Crippen LogP contribution in [0.4, 0.5) is 0 Å². The van der Waals surface area contributed by atoms with Gasteiger partial charge >= 0.3 is 0 Å². The van der Waals surface area contributed by atoms with Crippen LogP contribution in [-0.4, -0.2) is 9.97 Å². The number of nitrogens with zero attached hydrogens (tertiary/aromatic N) is 2. The molecule has 0 aliphatic rings. The molecule has 0 saturated carbocycles. The van der Waals surface area contributed by atoms with E-state index >= 15 is 0 Å². The van der Waals surface area contributed by atoms with E-state index in [0.29, 0.717) is 6.04 Å². The third kappa shape index (κ3) is 3.53. The van der Waals surface area contributed by atoms with E-state index in [1.807, 2.05) is 17.4 Å². The van der Waals surface area contributed by atoms with Crippen LogP contribution < -0.4 is 0 Å². The van der Waals surface area contributed by atoms with E-state index in [1.54, 1.807) is 17.7 Å². The van der Waals surface area contributed by atoms with Crippen LogP contribution in [0, 0.1) is 19.3 Å². The lowest BCUT2D eigenvalue weighted by Gasteiger charge is -2.18. The van der Waals surface area contributed by atoms with Gasteiger partial charge in [0, 0.05) is 15.6 Å². The highest BCUT2D eigenvalue weighted by atomic mass is 32.1. The van der Waals surface area contributed by atoms with Crippen molar-refractivity contribution in [2.75, 3.05) is 0 Å². The first-order valence-corrected chi connectivity index (χ1v) is 12.9. The van der Waals surface area contributed by atoms with Crippen molar-refractivity contribution in [2.24, 2.45) is 5.41 Å². The van der Waals surface area contributed by atoms with Gasteiger partial charge in [0.1, 0.15) is 11.8 Å². The first-order chi connectivity index (χ1) is 16.2. The van der Waals surface area contributed by atoms with Crippen molar-refractivity contribution in [3.8, 4) is 11.3 Å². The van der Waals surface area contributed by atoms with E-state index in [0.717, 1.165) is 38.7 Å². The third-order valence-electron chi connectivity index (χ3n) is 6.30. The van der Waals surface area contributed by atoms with E-state index in [2.05, 4.69) is 71.0 Å². The van der Waals surface area contributed by atoms with Gasteiger partial charge in [0.05, 0.1) is 21.2 Å². The number of rotatable bonds is 2. The molecule has 0 unspecified atom stereocenters. The Kier molecular flexibility index (Phi) is 4.37. The van der Waals surface area contributed by atoms with E-state index in [9.17, 15) is 0 Å². The molecule has 0 fully saturated rings. The van der Waals surface area contributed by atoms with E-state index < -0.39 is 0 Å². The summed E-state index contributed by atoms with van der Waals surface area (Å²) >= 11 is 3.61. The highest BCUT2D eigenvalue weighted by Gasteiger charge is 2.19. The minimum Gasteiger partial charge on any atom is -0.235 e. The second-order valence-electron chi connectivity index (χ2n) is 10.2. The van der Waals surface area contributed by atoms with Crippen molar-refractivity contribution in [1.29, 1.82) is 0 Å². The van der Waals surface area contributed by atoms with E-state index in [4.69, 9.17) is 11.3 Å². The predicted molar refractivity (Wildman–Crippen MR) is 146 cm³/mol. The zero-order valence-electron chi connectivity index (χ0n) is 20.5. The van der Waals surface area contributed by atoms with Gasteiger partial charge in [-0.05, 0) is 71.3 Å². The van der Waals surface area contributed by atoms with Crippen molar-refractivity contribution in [2.45, 2.75) is 41.0 Å². The van der Waals surface area contributed by atoms with Gasteiger partial charge in [0.15, 0.2) is 0 Å². The lowest BCUT2D eigenvalue weighted by Crippen LogP contribution is -2.08. The maximum Gasteiger partial charge on any atom is 0.116 e. The first kappa shape index (κ1) is 19.6. The normalized spacial score (nSPS) is 12.9. The van der Waals surface area contributed by atoms with Crippen LogP contribution in [0.25, 0.3) is 51.7 Å². The van der Waals surface area contributed by atoms with Gasteiger partial charge in [0.2, 0.25) is 0 Å². The monoisotopic (exact) mass is 467 g/mol. The summed E-state index contributed by atoms with van der Waals surface area (Å²) in [4.78, 5) is 9.41. The van der Waals surface area contributed by atoms with Gasteiger partial charge in [-0.1, -0.05) is 51.1 Å². The van der Waals surface area contributed by atoms with E-state index in [-0.39, 0.29) is 5.41 Å². The van der Waals surface area contributed by atoms with Crippen LogP contribution in [0.1, 0.15) is 38.8 Å². The van der Waals surface area contributed by atoms with Crippen molar-refractivity contribution < 1.29 is 1.37 Å². The molecule has 0 aliphatic carbocycles. The van der Waals surface area contributed by atoms with Crippen LogP contribution in [0.5, 0.6) is 0 Å². The Labute approximate surface area is 203 Å². The van der Waals surface area contributed by atoms with Crippen LogP contribution in [0.2, 0.25) is 0 Å². The summed E-state index contributed by atoms with van der Waals surface area (Å²) in [5.74, 6) is 0. The number of thiophene rings is 2. The quantitative estimate of drug-likeness (QED) is 0.254. The third-order valence-corrected chi connectivity index (χ3v) is 8.82. The number of benzene rings is 3. The van der Waals surface area contributed by atoms with Crippen LogP contribution >= 0.6 is 22.7 Å². The molecule has 0 bridgehead atoms. The molecular formula is C29H26N2S2. The summed E-state index contributed by atoms with van der Waals surface area (Å²) in [7, 11) is 0. The minimum atomic E-state index is 0.253. The Hall–Kier alpha value is -2.82. The molecule has 0 saturated heterocycles. The lowest BCUT2D eigenvalue weighted by molar-refractivity contribution is 0.411. The van der Waals surface area contributed by atoms with Crippen LogP contribution in [0.3, 0.4) is 0 Å². The Morgan fingerprint density at radius 1 is 0.848 bits per heavy atom. The Morgan fingerprint density at radius 2 is 1.64 bits per heavy atom. The topological polar surface area (TPSA) is 25.8 Å². The molecule has 2 nitrogen and oxygen atoms in total. The fourth-order valence-corrected chi connectivity index (χ4v) is 7.28. The molecular weight excluding hydrogens is 440 g/mol. The Balaban J connectivity index is 1.58. The highest BCUT2D eigenvalue weighted by Crippen LogP contribution is 2.46. The summed E-state index contributed by atoms with van der Waals surface area (Å²) in [6.45, 7) is 11.1. The van der Waals surface area contributed by atoms with Crippen LogP contribution in [-0.2, 0) is 6.42 Å². The number of hydrogen-bond acceptors (Lipinski definition) is 4.